The number of hydrogen-bond acceptors (Lipinski definition) is 4. The van der Waals surface area contributed by atoms with Crippen molar-refractivity contribution in [1.82, 2.24) is 4.98 Å². The van der Waals surface area contributed by atoms with Crippen LogP contribution in [0.4, 0.5) is 11.4 Å². The van der Waals surface area contributed by atoms with E-state index in [1.807, 2.05) is 0 Å². The topological polar surface area (TPSA) is 105 Å². The Morgan fingerprint density at radius 1 is 1.30 bits per heavy atom. The van der Waals surface area contributed by atoms with Gasteiger partial charge in [-0.15, -0.1) is 0 Å². The van der Waals surface area contributed by atoms with Crippen LogP contribution in [-0.4, -0.2) is 15.8 Å². The molecule has 102 valence electrons. The molecular weight excluding hydrogens is 262 g/mol. The number of aromatic amines is 1. The zero-order chi connectivity index (χ0) is 14.7. The predicted octanol–water partition coefficient (Wildman–Crippen LogP) is 1.84. The molecule has 0 aliphatic carbocycles. The van der Waals surface area contributed by atoms with Crippen molar-refractivity contribution in [1.29, 1.82) is 0 Å². The fourth-order valence-corrected chi connectivity index (χ4v) is 1.60. The molecular formula is C13H11N3O4. The third-order valence-electron chi connectivity index (χ3n) is 2.73. The Kier molecular flexibility index (Phi) is 3.60. The van der Waals surface area contributed by atoms with E-state index in [0.29, 0.717) is 11.3 Å². The number of pyridine rings is 1. The number of amides is 1. The molecule has 0 unspecified atom stereocenters. The van der Waals surface area contributed by atoms with Crippen LogP contribution in [0.3, 0.4) is 0 Å². The van der Waals surface area contributed by atoms with Crippen LogP contribution in [-0.2, 0) is 0 Å². The average Bonchev–Trinajstić information content (AvgIpc) is 2.41. The Morgan fingerprint density at radius 2 is 2.05 bits per heavy atom. The summed E-state index contributed by atoms with van der Waals surface area (Å²) in [6, 6.07) is 6.82. The molecule has 0 aliphatic heterocycles. The third-order valence-corrected chi connectivity index (χ3v) is 2.73. The van der Waals surface area contributed by atoms with Crippen molar-refractivity contribution >= 4 is 17.3 Å². The summed E-state index contributed by atoms with van der Waals surface area (Å²) in [6.07, 6.45) is 1.28. The fraction of sp³-hybridized carbons (Fsp3) is 0.0769. The molecule has 0 atom stereocenters. The minimum Gasteiger partial charge on any atom is -0.328 e. The summed E-state index contributed by atoms with van der Waals surface area (Å²) in [7, 11) is 0. The second kappa shape index (κ2) is 5.35. The van der Waals surface area contributed by atoms with Crippen molar-refractivity contribution in [2.24, 2.45) is 0 Å². The molecule has 0 bridgehead atoms. The highest BCUT2D eigenvalue weighted by Crippen LogP contribution is 2.22. The largest absolute Gasteiger partial charge is 0.328 e. The molecule has 2 rings (SSSR count). The molecule has 1 amide bonds. The van der Waals surface area contributed by atoms with Gasteiger partial charge in [0.05, 0.1) is 16.2 Å². The minimum atomic E-state index is -0.533. The van der Waals surface area contributed by atoms with Gasteiger partial charge in [0, 0.05) is 24.4 Å². The van der Waals surface area contributed by atoms with Crippen molar-refractivity contribution in [3.8, 4) is 0 Å². The van der Waals surface area contributed by atoms with E-state index in [9.17, 15) is 19.7 Å². The van der Waals surface area contributed by atoms with Crippen molar-refractivity contribution in [2.45, 2.75) is 6.92 Å². The first-order chi connectivity index (χ1) is 9.47. The number of hydrogen-bond donors (Lipinski definition) is 2. The van der Waals surface area contributed by atoms with E-state index < -0.39 is 10.8 Å². The number of nitro groups is 1. The monoisotopic (exact) mass is 273 g/mol. The van der Waals surface area contributed by atoms with E-state index in [-0.39, 0.29) is 16.8 Å². The van der Waals surface area contributed by atoms with E-state index in [2.05, 4.69) is 10.3 Å². The SMILES string of the molecule is Cc1ccc([N+](=O)[O-])cc1NC(=O)c1ccc(=O)[nH]c1. The number of carbonyl (C=O) groups excluding carboxylic acids is 1. The fourth-order valence-electron chi connectivity index (χ4n) is 1.60. The molecule has 20 heavy (non-hydrogen) atoms. The molecule has 0 spiro atoms. The van der Waals surface area contributed by atoms with Crippen molar-refractivity contribution in [3.63, 3.8) is 0 Å². The van der Waals surface area contributed by atoms with Gasteiger partial charge in [-0.2, -0.15) is 0 Å². The molecule has 1 heterocycles. The Labute approximate surface area is 113 Å². The second-order valence-corrected chi connectivity index (χ2v) is 4.15. The van der Waals surface area contributed by atoms with Crippen LogP contribution in [0.25, 0.3) is 0 Å². The maximum absolute atomic E-state index is 12.0. The van der Waals surface area contributed by atoms with E-state index in [1.165, 1.54) is 30.5 Å². The van der Waals surface area contributed by atoms with E-state index in [4.69, 9.17) is 0 Å². The molecule has 2 aromatic rings. The molecule has 0 radical (unpaired) electrons. The van der Waals surface area contributed by atoms with Crippen LogP contribution in [0.15, 0.2) is 41.3 Å². The van der Waals surface area contributed by atoms with E-state index in [1.54, 1.807) is 13.0 Å². The zero-order valence-corrected chi connectivity index (χ0v) is 10.5. The number of nitrogens with zero attached hydrogens (tertiary/aromatic N) is 1. The zero-order valence-electron chi connectivity index (χ0n) is 10.5. The van der Waals surface area contributed by atoms with Gasteiger partial charge >= 0.3 is 0 Å². The molecule has 0 saturated heterocycles. The lowest BCUT2D eigenvalue weighted by atomic mass is 10.1. The van der Waals surface area contributed by atoms with Crippen LogP contribution < -0.4 is 10.9 Å². The van der Waals surface area contributed by atoms with Crippen LogP contribution in [0.2, 0.25) is 0 Å². The molecule has 7 heteroatoms. The Hall–Kier alpha value is -2.96. The van der Waals surface area contributed by atoms with Gasteiger partial charge in [0.25, 0.3) is 11.6 Å². The number of aryl methyl sites for hydroxylation is 1. The number of benzene rings is 1. The number of nitrogens with one attached hydrogen (secondary N) is 2. The number of H-pyrrole nitrogens is 1. The summed E-state index contributed by atoms with van der Waals surface area (Å²) in [5.74, 6) is -0.454. The van der Waals surface area contributed by atoms with Gasteiger partial charge in [-0.3, -0.25) is 19.7 Å². The standard InChI is InChI=1S/C13H11N3O4/c1-8-2-4-10(16(19)20)6-11(8)15-13(18)9-3-5-12(17)14-7-9/h2-7H,1H3,(H,14,17)(H,15,18). The van der Waals surface area contributed by atoms with E-state index >= 15 is 0 Å². The Morgan fingerprint density at radius 3 is 2.65 bits per heavy atom. The number of carbonyl (C=O) groups is 1. The van der Waals surface area contributed by atoms with Gasteiger partial charge in [0.1, 0.15) is 0 Å². The normalized spacial score (nSPS) is 10.1. The van der Waals surface area contributed by atoms with E-state index in [0.717, 1.165) is 0 Å². The maximum Gasteiger partial charge on any atom is 0.271 e. The summed E-state index contributed by atoms with van der Waals surface area (Å²) < 4.78 is 0. The van der Waals surface area contributed by atoms with Gasteiger partial charge < -0.3 is 10.3 Å². The van der Waals surface area contributed by atoms with Gasteiger partial charge in [0.15, 0.2) is 0 Å². The quantitative estimate of drug-likeness (QED) is 0.657. The number of rotatable bonds is 3. The van der Waals surface area contributed by atoms with Crippen molar-refractivity contribution in [3.05, 3.63) is 68.1 Å². The molecule has 2 N–H and O–H groups in total. The second-order valence-electron chi connectivity index (χ2n) is 4.15. The number of non-ortho nitro benzene ring substituents is 1. The summed E-state index contributed by atoms with van der Waals surface area (Å²) in [6.45, 7) is 1.73. The lowest BCUT2D eigenvalue weighted by Crippen LogP contribution is -2.15. The summed E-state index contributed by atoms with van der Waals surface area (Å²) >= 11 is 0. The number of aromatic nitrogens is 1. The highest BCUT2D eigenvalue weighted by molar-refractivity contribution is 6.04. The minimum absolute atomic E-state index is 0.104. The predicted molar refractivity (Wildman–Crippen MR) is 72.8 cm³/mol. The van der Waals surface area contributed by atoms with Crippen LogP contribution in [0.1, 0.15) is 15.9 Å². The maximum atomic E-state index is 12.0. The Balaban J connectivity index is 2.27. The van der Waals surface area contributed by atoms with Crippen molar-refractivity contribution < 1.29 is 9.72 Å². The lowest BCUT2D eigenvalue weighted by Gasteiger charge is -2.08. The highest BCUT2D eigenvalue weighted by Gasteiger charge is 2.12. The van der Waals surface area contributed by atoms with Crippen LogP contribution in [0, 0.1) is 17.0 Å². The van der Waals surface area contributed by atoms with Crippen LogP contribution in [0.5, 0.6) is 0 Å². The molecule has 0 aliphatic rings. The summed E-state index contributed by atoms with van der Waals surface area (Å²) in [5.41, 5.74) is 0.903. The van der Waals surface area contributed by atoms with Gasteiger partial charge in [-0.05, 0) is 18.6 Å². The molecule has 7 nitrogen and oxygen atoms in total. The molecule has 1 aromatic heterocycles. The average molecular weight is 273 g/mol. The summed E-state index contributed by atoms with van der Waals surface area (Å²) in [4.78, 5) is 35.4. The third kappa shape index (κ3) is 2.89. The molecule has 0 fully saturated rings. The highest BCUT2D eigenvalue weighted by atomic mass is 16.6. The first-order valence-corrected chi connectivity index (χ1v) is 5.72. The first-order valence-electron chi connectivity index (χ1n) is 5.72. The van der Waals surface area contributed by atoms with Gasteiger partial charge in [-0.1, -0.05) is 6.07 Å². The number of nitro benzene ring substituents is 1. The first kappa shape index (κ1) is 13.5. The molecule has 0 saturated carbocycles. The van der Waals surface area contributed by atoms with Crippen LogP contribution >= 0.6 is 0 Å². The molecule has 1 aromatic carbocycles. The van der Waals surface area contributed by atoms with Crippen molar-refractivity contribution in [2.75, 3.05) is 5.32 Å². The Bertz CT molecular complexity index is 716. The van der Waals surface area contributed by atoms with Gasteiger partial charge in [0.2, 0.25) is 5.56 Å². The van der Waals surface area contributed by atoms with Gasteiger partial charge in [-0.25, -0.2) is 0 Å². The lowest BCUT2D eigenvalue weighted by molar-refractivity contribution is -0.384. The smallest absolute Gasteiger partial charge is 0.271 e. The summed E-state index contributed by atoms with van der Waals surface area (Å²) in [5, 5.41) is 13.3. The number of anilines is 1.